The molecule has 1 aromatic carbocycles. The molecule has 1 N–H and O–H groups in total. The van der Waals surface area contributed by atoms with Gasteiger partial charge in [-0.25, -0.2) is 0 Å². The maximum absolute atomic E-state index is 11.3. The number of hydrogen-bond acceptors (Lipinski definition) is 3. The fraction of sp³-hybridized carbons (Fsp3) is 0.364. The minimum absolute atomic E-state index is 0.0514. The topological polar surface area (TPSA) is 38.3 Å². The van der Waals surface area contributed by atoms with Crippen LogP contribution in [0.1, 0.15) is 13.8 Å². The number of halogens is 3. The molecule has 0 heterocycles. The molecule has 0 saturated carbocycles. The third-order valence-electron chi connectivity index (χ3n) is 1.83. The first kappa shape index (κ1) is 14.6. The molecule has 17 heavy (non-hydrogen) atoms. The van der Waals surface area contributed by atoms with E-state index in [1.807, 2.05) is 0 Å². The van der Waals surface area contributed by atoms with Crippen LogP contribution in [-0.4, -0.2) is 18.6 Å². The Morgan fingerprint density at radius 1 is 1.41 bits per heavy atom. The first-order valence-electron chi connectivity index (χ1n) is 4.98. The van der Waals surface area contributed by atoms with Crippen LogP contribution in [0.5, 0.6) is 0 Å². The van der Waals surface area contributed by atoms with Crippen molar-refractivity contribution in [2.75, 3.05) is 11.9 Å². The summed E-state index contributed by atoms with van der Waals surface area (Å²) in [6.45, 7) is 3.64. The van der Waals surface area contributed by atoms with Gasteiger partial charge in [0.25, 0.3) is 0 Å². The lowest BCUT2D eigenvalue weighted by Gasteiger charge is -2.11. The van der Waals surface area contributed by atoms with Crippen molar-refractivity contribution in [2.24, 2.45) is 0 Å². The highest BCUT2D eigenvalue weighted by Gasteiger charge is 2.10. The molecule has 0 unspecified atom stereocenters. The van der Waals surface area contributed by atoms with E-state index in [-0.39, 0.29) is 18.6 Å². The van der Waals surface area contributed by atoms with Gasteiger partial charge in [-0.05, 0) is 41.9 Å². The molecule has 0 saturated heterocycles. The fourth-order valence-electron chi connectivity index (χ4n) is 1.13. The molecule has 0 aromatic heterocycles. The van der Waals surface area contributed by atoms with Crippen LogP contribution >= 0.6 is 39.1 Å². The Morgan fingerprint density at radius 3 is 2.65 bits per heavy atom. The quantitative estimate of drug-likeness (QED) is 0.661. The van der Waals surface area contributed by atoms with Crippen molar-refractivity contribution in [1.82, 2.24) is 0 Å². The van der Waals surface area contributed by atoms with Gasteiger partial charge >= 0.3 is 5.97 Å². The van der Waals surface area contributed by atoms with Gasteiger partial charge in [-0.2, -0.15) is 0 Å². The minimum Gasteiger partial charge on any atom is -0.462 e. The molecular formula is C11H12BrCl2NO2. The highest BCUT2D eigenvalue weighted by molar-refractivity contribution is 9.10. The van der Waals surface area contributed by atoms with Crippen LogP contribution in [0.4, 0.5) is 5.69 Å². The second-order valence-electron chi connectivity index (χ2n) is 3.62. The molecule has 0 atom stereocenters. The monoisotopic (exact) mass is 339 g/mol. The summed E-state index contributed by atoms with van der Waals surface area (Å²) in [5.41, 5.74) is 0.598. The van der Waals surface area contributed by atoms with Crippen molar-refractivity contribution in [3.8, 4) is 0 Å². The van der Waals surface area contributed by atoms with E-state index in [0.29, 0.717) is 20.2 Å². The Bertz CT molecular complexity index is 424. The lowest BCUT2D eigenvalue weighted by atomic mass is 10.3. The van der Waals surface area contributed by atoms with Gasteiger partial charge in [0.05, 0.1) is 21.8 Å². The average molecular weight is 341 g/mol. The Labute approximate surface area is 119 Å². The molecule has 0 bridgehead atoms. The third kappa shape index (κ3) is 4.37. The van der Waals surface area contributed by atoms with Gasteiger partial charge in [0.2, 0.25) is 0 Å². The van der Waals surface area contributed by atoms with Crippen molar-refractivity contribution < 1.29 is 9.53 Å². The van der Waals surface area contributed by atoms with E-state index in [1.54, 1.807) is 26.0 Å². The van der Waals surface area contributed by atoms with Gasteiger partial charge < -0.3 is 10.1 Å². The third-order valence-corrected chi connectivity index (χ3v) is 3.60. The number of rotatable bonds is 4. The van der Waals surface area contributed by atoms with Gasteiger partial charge in [0.1, 0.15) is 6.54 Å². The number of anilines is 1. The van der Waals surface area contributed by atoms with Gasteiger partial charge in [-0.15, -0.1) is 0 Å². The van der Waals surface area contributed by atoms with Crippen molar-refractivity contribution in [1.29, 1.82) is 0 Å². The molecule has 94 valence electrons. The van der Waals surface area contributed by atoms with Crippen LogP contribution in [0.2, 0.25) is 10.0 Å². The van der Waals surface area contributed by atoms with Crippen molar-refractivity contribution in [3.05, 3.63) is 26.7 Å². The SMILES string of the molecule is CC(C)OC(=O)CNc1ccc(Br)c(Cl)c1Cl. The molecule has 3 nitrogen and oxygen atoms in total. The van der Waals surface area contributed by atoms with Crippen molar-refractivity contribution >= 4 is 50.8 Å². The van der Waals surface area contributed by atoms with Gasteiger partial charge in [-0.3, -0.25) is 4.79 Å². The van der Waals surface area contributed by atoms with E-state index >= 15 is 0 Å². The molecule has 0 amide bonds. The lowest BCUT2D eigenvalue weighted by molar-refractivity contribution is -0.145. The summed E-state index contributed by atoms with van der Waals surface area (Å²) in [6, 6.07) is 3.49. The molecule has 0 aliphatic rings. The smallest absolute Gasteiger partial charge is 0.325 e. The number of carbonyl (C=O) groups is 1. The zero-order chi connectivity index (χ0) is 13.0. The van der Waals surface area contributed by atoms with Crippen LogP contribution in [0.3, 0.4) is 0 Å². The highest BCUT2D eigenvalue weighted by atomic mass is 79.9. The number of nitrogens with one attached hydrogen (secondary N) is 1. The van der Waals surface area contributed by atoms with Gasteiger partial charge in [-0.1, -0.05) is 23.2 Å². The van der Waals surface area contributed by atoms with Crippen LogP contribution in [-0.2, 0) is 9.53 Å². The van der Waals surface area contributed by atoms with E-state index < -0.39 is 0 Å². The second-order valence-corrected chi connectivity index (χ2v) is 5.23. The number of carbonyl (C=O) groups excluding carboxylic acids is 1. The Morgan fingerprint density at radius 2 is 2.06 bits per heavy atom. The van der Waals surface area contributed by atoms with Crippen LogP contribution in [0, 0.1) is 0 Å². The average Bonchev–Trinajstić information content (AvgIpc) is 2.24. The summed E-state index contributed by atoms with van der Waals surface area (Å²) < 4.78 is 5.69. The van der Waals surface area contributed by atoms with E-state index in [4.69, 9.17) is 27.9 Å². The van der Waals surface area contributed by atoms with Crippen LogP contribution in [0.15, 0.2) is 16.6 Å². The van der Waals surface area contributed by atoms with E-state index in [1.165, 1.54) is 0 Å². The molecule has 1 rings (SSSR count). The number of benzene rings is 1. The molecule has 0 spiro atoms. The summed E-state index contributed by atoms with van der Waals surface area (Å²) in [7, 11) is 0. The zero-order valence-electron chi connectivity index (χ0n) is 9.39. The Balaban J connectivity index is 2.64. The van der Waals surface area contributed by atoms with Gasteiger partial charge in [0, 0.05) is 4.47 Å². The molecule has 0 aliphatic carbocycles. The molecule has 0 fully saturated rings. The summed E-state index contributed by atoms with van der Waals surface area (Å²) in [5.74, 6) is -0.338. The Hall–Kier alpha value is -0.450. The maximum Gasteiger partial charge on any atom is 0.325 e. The summed E-state index contributed by atoms with van der Waals surface area (Å²) in [5, 5.41) is 3.66. The molecule has 6 heteroatoms. The zero-order valence-corrected chi connectivity index (χ0v) is 12.5. The first-order chi connectivity index (χ1) is 7.91. The van der Waals surface area contributed by atoms with Crippen LogP contribution in [0.25, 0.3) is 0 Å². The highest BCUT2D eigenvalue weighted by Crippen LogP contribution is 2.35. The largest absolute Gasteiger partial charge is 0.462 e. The summed E-state index contributed by atoms with van der Waals surface area (Å²) in [6.07, 6.45) is -0.131. The van der Waals surface area contributed by atoms with Crippen molar-refractivity contribution in [2.45, 2.75) is 20.0 Å². The Kier molecular flexibility index (Phi) is 5.56. The number of esters is 1. The standard InChI is InChI=1S/C11H12BrCl2NO2/c1-6(2)17-9(16)5-15-8-4-3-7(12)10(13)11(8)14/h3-4,6,15H,5H2,1-2H3. The predicted octanol–water partition coefficient (Wildman–Crippen LogP) is 4.12. The normalized spacial score (nSPS) is 10.5. The van der Waals surface area contributed by atoms with Crippen LogP contribution < -0.4 is 5.32 Å². The maximum atomic E-state index is 11.3. The van der Waals surface area contributed by atoms with E-state index in [0.717, 1.165) is 0 Å². The number of ether oxygens (including phenoxy) is 1. The van der Waals surface area contributed by atoms with E-state index in [9.17, 15) is 4.79 Å². The minimum atomic E-state index is -0.338. The fourth-order valence-corrected chi connectivity index (χ4v) is 1.98. The molecular weight excluding hydrogens is 329 g/mol. The van der Waals surface area contributed by atoms with E-state index in [2.05, 4.69) is 21.2 Å². The number of hydrogen-bond donors (Lipinski definition) is 1. The molecule has 0 aliphatic heterocycles. The van der Waals surface area contributed by atoms with Crippen molar-refractivity contribution in [3.63, 3.8) is 0 Å². The lowest BCUT2D eigenvalue weighted by Crippen LogP contribution is -2.20. The first-order valence-corrected chi connectivity index (χ1v) is 6.53. The molecule has 0 radical (unpaired) electrons. The summed E-state index contributed by atoms with van der Waals surface area (Å²) in [4.78, 5) is 11.3. The predicted molar refractivity (Wildman–Crippen MR) is 73.9 cm³/mol. The summed E-state index contributed by atoms with van der Waals surface area (Å²) >= 11 is 15.2. The second kappa shape index (κ2) is 6.47. The molecule has 1 aromatic rings. The van der Waals surface area contributed by atoms with Gasteiger partial charge in [0.15, 0.2) is 0 Å².